The molecule has 0 radical (unpaired) electrons. The molecule has 2 N–H and O–H groups in total. The molecule has 2 aliphatic heterocycles. The zero-order chi connectivity index (χ0) is 24.4. The number of hydrogen-bond acceptors (Lipinski definition) is 12. The molecule has 2 rings (SSSR count). The fourth-order valence-electron chi connectivity index (χ4n) is 3.09. The number of carbonyl (C=O) groups excluding carboxylic acids is 4. The Balaban J connectivity index is 2.33. The first-order chi connectivity index (χ1) is 15.8. The maximum Gasteiger partial charge on any atom is 0.508 e. The Hall–Kier alpha value is -3.48. The van der Waals surface area contributed by atoms with Gasteiger partial charge in [-0.2, -0.15) is 0 Å². The highest BCUT2D eigenvalue weighted by atomic mass is 16.8. The van der Waals surface area contributed by atoms with Crippen molar-refractivity contribution in [1.29, 1.82) is 0 Å². The van der Waals surface area contributed by atoms with E-state index in [1.807, 2.05) is 0 Å². The zero-order valence-electron chi connectivity index (χ0n) is 18.6. The molecule has 4 atom stereocenters. The van der Waals surface area contributed by atoms with E-state index in [0.717, 1.165) is 0 Å². The Kier molecular flexibility index (Phi) is 9.79. The summed E-state index contributed by atoms with van der Waals surface area (Å²) in [6.45, 7) is 4.52. The highest BCUT2D eigenvalue weighted by molar-refractivity contribution is 5.92. The van der Waals surface area contributed by atoms with E-state index in [4.69, 9.17) is 38.9 Å². The minimum atomic E-state index is -1.26. The third kappa shape index (κ3) is 7.27. The van der Waals surface area contributed by atoms with Crippen LogP contribution >= 0.6 is 0 Å². The van der Waals surface area contributed by atoms with E-state index < -0.39 is 55.5 Å². The van der Waals surface area contributed by atoms with Gasteiger partial charge in [0.15, 0.2) is 18.4 Å². The fraction of sp³-hybridized carbons (Fsp3) is 0.600. The van der Waals surface area contributed by atoms with Crippen LogP contribution in [0.1, 0.15) is 27.2 Å². The van der Waals surface area contributed by atoms with Gasteiger partial charge in [0, 0.05) is 18.0 Å². The van der Waals surface area contributed by atoms with E-state index >= 15 is 0 Å². The Labute approximate surface area is 190 Å². The molecule has 13 heteroatoms. The number of amides is 1. The van der Waals surface area contributed by atoms with Crippen LogP contribution in [0.4, 0.5) is 14.4 Å². The van der Waals surface area contributed by atoms with Crippen molar-refractivity contribution in [3.8, 4) is 0 Å². The molecule has 0 aliphatic carbocycles. The van der Waals surface area contributed by atoms with E-state index in [9.17, 15) is 19.2 Å². The standard InChI is InChI=1S/C20H28N2O11/c1-4-27-18(24)30-11-13-14(32-19(25)28-5-2)15(33-20(26)29-6-3)17(31-13)22-9-7-8-12(10-22)16(21)23/h7,9-10,13-15,17H,4-6,8,11H2,1-3H3,(H2,21,23)/t13?,14?,15-,17?/m1/s1. The molecule has 1 fully saturated rings. The molecule has 2 aliphatic rings. The number of carbonyl (C=O) groups is 4. The molecule has 3 unspecified atom stereocenters. The van der Waals surface area contributed by atoms with E-state index in [0.29, 0.717) is 6.42 Å². The monoisotopic (exact) mass is 472 g/mol. The molecule has 0 aromatic rings. The van der Waals surface area contributed by atoms with Crippen molar-refractivity contribution in [2.24, 2.45) is 5.73 Å². The number of rotatable bonds is 9. The lowest BCUT2D eigenvalue weighted by Gasteiger charge is -2.30. The summed E-state index contributed by atoms with van der Waals surface area (Å²) in [5, 5.41) is 0. The van der Waals surface area contributed by atoms with Gasteiger partial charge in [-0.05, 0) is 27.2 Å². The van der Waals surface area contributed by atoms with Crippen LogP contribution in [0.5, 0.6) is 0 Å². The summed E-state index contributed by atoms with van der Waals surface area (Å²) in [5.41, 5.74) is 5.64. The molecule has 33 heavy (non-hydrogen) atoms. The number of hydrogen-bond donors (Lipinski definition) is 1. The molecule has 0 bridgehead atoms. The van der Waals surface area contributed by atoms with Crippen LogP contribution in [0.15, 0.2) is 24.0 Å². The van der Waals surface area contributed by atoms with Gasteiger partial charge >= 0.3 is 18.5 Å². The van der Waals surface area contributed by atoms with Crippen LogP contribution in [0, 0.1) is 0 Å². The highest BCUT2D eigenvalue weighted by Crippen LogP contribution is 2.32. The van der Waals surface area contributed by atoms with Gasteiger partial charge < -0.3 is 43.8 Å². The maximum atomic E-state index is 12.1. The van der Waals surface area contributed by atoms with Crippen molar-refractivity contribution in [2.45, 2.75) is 51.7 Å². The van der Waals surface area contributed by atoms with Crippen LogP contribution in [0.2, 0.25) is 0 Å². The number of nitrogens with zero attached hydrogens (tertiary/aromatic N) is 1. The third-order valence-corrected chi connectivity index (χ3v) is 4.43. The van der Waals surface area contributed by atoms with Gasteiger partial charge in [-0.25, -0.2) is 14.4 Å². The molecule has 1 saturated heterocycles. The van der Waals surface area contributed by atoms with Gasteiger partial charge in [0.05, 0.1) is 19.8 Å². The summed E-state index contributed by atoms with van der Waals surface area (Å²) in [6.07, 6.45) is -2.79. The Morgan fingerprint density at radius 1 is 0.939 bits per heavy atom. The lowest BCUT2D eigenvalue weighted by atomic mass is 10.1. The molecular formula is C20H28N2O11. The third-order valence-electron chi connectivity index (χ3n) is 4.43. The topological polar surface area (TPSA) is 162 Å². The molecule has 0 saturated carbocycles. The second-order valence-corrected chi connectivity index (χ2v) is 6.64. The van der Waals surface area contributed by atoms with Crippen molar-refractivity contribution in [1.82, 2.24) is 4.90 Å². The van der Waals surface area contributed by atoms with Gasteiger partial charge in [0.2, 0.25) is 5.91 Å². The minimum absolute atomic E-state index is 0.0306. The molecule has 2 heterocycles. The van der Waals surface area contributed by atoms with Crippen LogP contribution in [0.3, 0.4) is 0 Å². The normalized spacial score (nSPS) is 23.8. The summed E-state index contributed by atoms with van der Waals surface area (Å²) in [7, 11) is 0. The molecule has 0 spiro atoms. The lowest BCUT2D eigenvalue weighted by molar-refractivity contribution is -0.115. The summed E-state index contributed by atoms with van der Waals surface area (Å²) in [6, 6.07) is 0. The Bertz CT molecular complexity index is 782. The minimum Gasteiger partial charge on any atom is -0.435 e. The van der Waals surface area contributed by atoms with Gasteiger partial charge in [-0.1, -0.05) is 6.08 Å². The largest absolute Gasteiger partial charge is 0.508 e. The first-order valence-electron chi connectivity index (χ1n) is 10.4. The SMILES string of the molecule is CCOC(=O)OCC1OC(N2C=CCC(C(N)=O)=C2)[C@H](OC(=O)OCC)C1OC(=O)OCC. The van der Waals surface area contributed by atoms with Gasteiger partial charge in [-0.3, -0.25) is 4.79 Å². The average Bonchev–Trinajstić information content (AvgIpc) is 3.09. The summed E-state index contributed by atoms with van der Waals surface area (Å²) >= 11 is 0. The first-order valence-corrected chi connectivity index (χ1v) is 10.4. The highest BCUT2D eigenvalue weighted by Gasteiger charge is 2.52. The van der Waals surface area contributed by atoms with E-state index in [1.54, 1.807) is 33.0 Å². The summed E-state index contributed by atoms with van der Waals surface area (Å²) in [4.78, 5) is 48.9. The van der Waals surface area contributed by atoms with Crippen LogP contribution in [-0.4, -0.2) is 80.2 Å². The molecule has 1 amide bonds. The number of allylic oxidation sites excluding steroid dienone is 1. The molecule has 0 aromatic heterocycles. The van der Waals surface area contributed by atoms with Gasteiger partial charge in [-0.15, -0.1) is 0 Å². The fourth-order valence-corrected chi connectivity index (χ4v) is 3.09. The summed E-state index contributed by atoms with van der Waals surface area (Å²) in [5.74, 6) is -0.647. The average molecular weight is 472 g/mol. The van der Waals surface area contributed by atoms with Crippen LogP contribution < -0.4 is 5.73 Å². The smallest absolute Gasteiger partial charge is 0.435 e. The molecule has 13 nitrogen and oxygen atoms in total. The van der Waals surface area contributed by atoms with Crippen molar-refractivity contribution < 1.29 is 52.3 Å². The first kappa shape index (κ1) is 25.8. The Morgan fingerprint density at radius 3 is 2.09 bits per heavy atom. The second-order valence-electron chi connectivity index (χ2n) is 6.64. The van der Waals surface area contributed by atoms with Crippen molar-refractivity contribution in [2.75, 3.05) is 26.4 Å². The number of ether oxygens (including phenoxy) is 7. The van der Waals surface area contributed by atoms with Crippen LogP contribution in [0.25, 0.3) is 0 Å². The number of primary amides is 1. The number of nitrogens with two attached hydrogens (primary N) is 1. The van der Waals surface area contributed by atoms with E-state index in [1.165, 1.54) is 11.1 Å². The van der Waals surface area contributed by atoms with Crippen molar-refractivity contribution >= 4 is 24.4 Å². The predicted molar refractivity (Wildman–Crippen MR) is 108 cm³/mol. The Morgan fingerprint density at radius 2 is 1.52 bits per heavy atom. The molecular weight excluding hydrogens is 444 g/mol. The van der Waals surface area contributed by atoms with Crippen molar-refractivity contribution in [3.63, 3.8) is 0 Å². The van der Waals surface area contributed by atoms with Crippen LogP contribution in [-0.2, 0) is 38.0 Å². The van der Waals surface area contributed by atoms with Gasteiger partial charge in [0.1, 0.15) is 12.7 Å². The predicted octanol–water partition coefficient (Wildman–Crippen LogP) is 1.56. The molecule has 184 valence electrons. The van der Waals surface area contributed by atoms with E-state index in [2.05, 4.69) is 0 Å². The zero-order valence-corrected chi connectivity index (χ0v) is 18.6. The van der Waals surface area contributed by atoms with Crippen molar-refractivity contribution in [3.05, 3.63) is 24.0 Å². The summed E-state index contributed by atoms with van der Waals surface area (Å²) < 4.78 is 36.0. The maximum absolute atomic E-state index is 12.1. The van der Waals surface area contributed by atoms with Gasteiger partial charge in [0.25, 0.3) is 0 Å². The second kappa shape index (κ2) is 12.5. The van der Waals surface area contributed by atoms with E-state index in [-0.39, 0.29) is 25.4 Å². The quantitative estimate of drug-likeness (QED) is 0.381. The lowest BCUT2D eigenvalue weighted by Crippen LogP contribution is -2.45. The molecule has 0 aromatic carbocycles.